The van der Waals surface area contributed by atoms with Gasteiger partial charge in [0.2, 0.25) is 5.95 Å². The number of hydrogen-bond acceptors (Lipinski definition) is 6. The van der Waals surface area contributed by atoms with Crippen LogP contribution in [0.2, 0.25) is 0 Å². The van der Waals surface area contributed by atoms with Gasteiger partial charge in [0.05, 0.1) is 0 Å². The zero-order valence-corrected chi connectivity index (χ0v) is 13.4. The summed E-state index contributed by atoms with van der Waals surface area (Å²) in [7, 11) is 2.00. The number of rotatable bonds is 4. The highest BCUT2D eigenvalue weighted by Gasteiger charge is 2.29. The standard InChI is InChI=1S/C13H22N6.C2H6/c1-16-9-4-5-19(7-9)12-10(6-8-2-3-8)11(14)17-13(15)18-12;1-2/h8-9,16H,2-7H2,1H3,(H4,14,15,17,18);1-2H3/t9-;/m1./s1. The average molecular weight is 292 g/mol. The van der Waals surface area contributed by atoms with Crippen molar-refractivity contribution in [2.75, 3.05) is 36.5 Å². The minimum Gasteiger partial charge on any atom is -0.383 e. The van der Waals surface area contributed by atoms with E-state index in [1.54, 1.807) is 0 Å². The van der Waals surface area contributed by atoms with Gasteiger partial charge in [0.25, 0.3) is 0 Å². The third-order valence-corrected chi connectivity index (χ3v) is 4.12. The predicted octanol–water partition coefficient (Wildman–Crippen LogP) is 1.42. The monoisotopic (exact) mass is 292 g/mol. The van der Waals surface area contributed by atoms with E-state index in [0.29, 0.717) is 11.9 Å². The van der Waals surface area contributed by atoms with Crippen molar-refractivity contribution in [1.29, 1.82) is 0 Å². The summed E-state index contributed by atoms with van der Waals surface area (Å²) in [5.41, 5.74) is 12.9. The van der Waals surface area contributed by atoms with Crippen LogP contribution in [-0.2, 0) is 6.42 Å². The van der Waals surface area contributed by atoms with Gasteiger partial charge >= 0.3 is 0 Å². The fourth-order valence-electron chi connectivity index (χ4n) is 2.76. The van der Waals surface area contributed by atoms with Crippen molar-refractivity contribution in [1.82, 2.24) is 15.3 Å². The van der Waals surface area contributed by atoms with Crippen LogP contribution in [0.15, 0.2) is 0 Å². The van der Waals surface area contributed by atoms with Gasteiger partial charge in [-0.15, -0.1) is 0 Å². The summed E-state index contributed by atoms with van der Waals surface area (Å²) in [6, 6.07) is 0.520. The summed E-state index contributed by atoms with van der Waals surface area (Å²) in [6.07, 6.45) is 4.70. The van der Waals surface area contributed by atoms with Crippen LogP contribution < -0.4 is 21.7 Å². The zero-order chi connectivity index (χ0) is 15.4. The molecule has 0 aromatic carbocycles. The predicted molar refractivity (Wildman–Crippen MR) is 88.3 cm³/mol. The maximum Gasteiger partial charge on any atom is 0.223 e. The van der Waals surface area contributed by atoms with Gasteiger partial charge < -0.3 is 21.7 Å². The van der Waals surface area contributed by atoms with Gasteiger partial charge in [-0.25, -0.2) is 0 Å². The van der Waals surface area contributed by atoms with Crippen molar-refractivity contribution in [2.24, 2.45) is 5.92 Å². The van der Waals surface area contributed by atoms with Crippen molar-refractivity contribution in [3.05, 3.63) is 5.56 Å². The minimum atomic E-state index is 0.278. The highest BCUT2D eigenvalue weighted by molar-refractivity contribution is 5.60. The first-order valence-corrected chi connectivity index (χ1v) is 8.01. The number of aromatic nitrogens is 2. The molecule has 0 spiro atoms. The van der Waals surface area contributed by atoms with Crippen molar-refractivity contribution < 1.29 is 0 Å². The van der Waals surface area contributed by atoms with Crippen LogP contribution >= 0.6 is 0 Å². The molecule has 0 bridgehead atoms. The molecule has 6 heteroatoms. The topological polar surface area (TPSA) is 93.1 Å². The molecule has 1 aromatic rings. The number of nitrogen functional groups attached to an aromatic ring is 2. The quantitative estimate of drug-likeness (QED) is 0.777. The van der Waals surface area contributed by atoms with E-state index in [1.807, 2.05) is 20.9 Å². The highest BCUT2D eigenvalue weighted by Crippen LogP contribution is 2.37. The van der Waals surface area contributed by atoms with Crippen molar-refractivity contribution in [3.63, 3.8) is 0 Å². The molecule has 3 rings (SSSR count). The first-order chi connectivity index (χ1) is 10.2. The molecule has 2 fully saturated rings. The Kier molecular flexibility index (Phi) is 5.22. The number of nitrogens with two attached hydrogens (primary N) is 2. The number of hydrogen-bond donors (Lipinski definition) is 3. The van der Waals surface area contributed by atoms with Gasteiger partial charge in [0.1, 0.15) is 11.6 Å². The molecule has 1 aliphatic heterocycles. The molecule has 0 amide bonds. The van der Waals surface area contributed by atoms with E-state index in [-0.39, 0.29) is 5.95 Å². The molecule has 1 atom stereocenters. The van der Waals surface area contributed by atoms with E-state index in [9.17, 15) is 0 Å². The van der Waals surface area contributed by atoms with E-state index in [4.69, 9.17) is 11.5 Å². The molecule has 5 N–H and O–H groups in total. The lowest BCUT2D eigenvalue weighted by Crippen LogP contribution is -2.30. The summed E-state index contributed by atoms with van der Waals surface area (Å²) >= 11 is 0. The molecular weight excluding hydrogens is 264 g/mol. The number of nitrogens with zero attached hydrogens (tertiary/aromatic N) is 3. The Morgan fingerprint density at radius 2 is 1.90 bits per heavy atom. The lowest BCUT2D eigenvalue weighted by atomic mass is 10.1. The Balaban J connectivity index is 0.000000774. The molecule has 2 heterocycles. The van der Waals surface area contributed by atoms with Gasteiger partial charge in [-0.3, -0.25) is 0 Å². The van der Waals surface area contributed by atoms with E-state index in [1.165, 1.54) is 12.8 Å². The summed E-state index contributed by atoms with van der Waals surface area (Å²) < 4.78 is 0. The molecule has 2 aliphatic rings. The molecule has 1 saturated carbocycles. The lowest BCUT2D eigenvalue weighted by Gasteiger charge is -2.22. The van der Waals surface area contributed by atoms with E-state index < -0.39 is 0 Å². The third-order valence-electron chi connectivity index (χ3n) is 4.12. The van der Waals surface area contributed by atoms with Crippen LogP contribution in [0.3, 0.4) is 0 Å². The van der Waals surface area contributed by atoms with Gasteiger partial charge in [-0.1, -0.05) is 13.8 Å². The minimum absolute atomic E-state index is 0.278. The Labute approximate surface area is 127 Å². The van der Waals surface area contributed by atoms with Crippen LogP contribution in [0.25, 0.3) is 0 Å². The first kappa shape index (κ1) is 15.8. The number of nitrogens with one attached hydrogen (secondary N) is 1. The van der Waals surface area contributed by atoms with Crippen LogP contribution in [0.4, 0.5) is 17.6 Å². The van der Waals surface area contributed by atoms with Gasteiger partial charge in [-0.2, -0.15) is 9.97 Å². The number of likely N-dealkylation sites (N-methyl/N-ethyl adjacent to an activating group) is 1. The van der Waals surface area contributed by atoms with Crippen LogP contribution in [-0.4, -0.2) is 36.1 Å². The van der Waals surface area contributed by atoms with Crippen LogP contribution in [0.5, 0.6) is 0 Å². The van der Waals surface area contributed by atoms with E-state index in [0.717, 1.165) is 43.2 Å². The molecule has 118 valence electrons. The van der Waals surface area contributed by atoms with Crippen LogP contribution in [0.1, 0.15) is 38.7 Å². The Morgan fingerprint density at radius 3 is 2.48 bits per heavy atom. The largest absolute Gasteiger partial charge is 0.383 e. The molecule has 1 saturated heterocycles. The van der Waals surface area contributed by atoms with Gasteiger partial charge in [-0.05, 0) is 38.6 Å². The third kappa shape index (κ3) is 3.75. The van der Waals surface area contributed by atoms with Crippen molar-refractivity contribution in [3.8, 4) is 0 Å². The maximum absolute atomic E-state index is 6.06. The summed E-state index contributed by atoms with van der Waals surface area (Å²) in [6.45, 7) is 5.96. The first-order valence-electron chi connectivity index (χ1n) is 8.01. The van der Waals surface area contributed by atoms with E-state index >= 15 is 0 Å². The second-order valence-corrected chi connectivity index (χ2v) is 5.64. The lowest BCUT2D eigenvalue weighted by molar-refractivity contribution is 0.616. The van der Waals surface area contributed by atoms with Gasteiger partial charge in [0.15, 0.2) is 0 Å². The second-order valence-electron chi connectivity index (χ2n) is 5.64. The summed E-state index contributed by atoms with van der Waals surface area (Å²) in [5.74, 6) is 2.55. The number of anilines is 3. The van der Waals surface area contributed by atoms with E-state index in [2.05, 4.69) is 20.2 Å². The second kappa shape index (κ2) is 6.93. The van der Waals surface area contributed by atoms with Crippen molar-refractivity contribution in [2.45, 2.75) is 45.6 Å². The van der Waals surface area contributed by atoms with Crippen molar-refractivity contribution >= 4 is 17.6 Å². The molecule has 6 nitrogen and oxygen atoms in total. The normalized spacial score (nSPS) is 21.1. The Morgan fingerprint density at radius 1 is 1.19 bits per heavy atom. The smallest absolute Gasteiger partial charge is 0.223 e. The molecule has 1 aromatic heterocycles. The summed E-state index contributed by atoms with van der Waals surface area (Å²) in [4.78, 5) is 10.9. The SMILES string of the molecule is CC.CN[C@@H]1CCN(c2nc(N)nc(N)c2CC2CC2)C1. The highest BCUT2D eigenvalue weighted by atomic mass is 15.3. The molecule has 21 heavy (non-hydrogen) atoms. The average Bonchev–Trinajstić information content (AvgIpc) is 3.17. The molecule has 0 unspecified atom stereocenters. The zero-order valence-electron chi connectivity index (χ0n) is 13.4. The molecule has 0 radical (unpaired) electrons. The Hall–Kier alpha value is -1.56. The maximum atomic E-state index is 6.06. The fraction of sp³-hybridized carbons (Fsp3) is 0.733. The molecule has 1 aliphatic carbocycles. The fourth-order valence-corrected chi connectivity index (χ4v) is 2.76. The molecular formula is C15H28N6. The summed E-state index contributed by atoms with van der Waals surface area (Å²) in [5, 5.41) is 3.32. The van der Waals surface area contributed by atoms with Gasteiger partial charge in [0, 0.05) is 24.7 Å². The Bertz CT molecular complexity index is 471. The van der Waals surface area contributed by atoms with Crippen LogP contribution in [0, 0.1) is 5.92 Å².